The zero-order valence-electron chi connectivity index (χ0n) is 15.4. The molecule has 1 heterocycles. The summed E-state index contributed by atoms with van der Waals surface area (Å²) in [5, 5.41) is 10.4. The Kier molecular flexibility index (Phi) is 5.45. The molecule has 0 bridgehead atoms. The Morgan fingerprint density at radius 3 is 2.30 bits per heavy atom. The van der Waals surface area contributed by atoms with E-state index in [0.717, 1.165) is 22.5 Å². The molecule has 6 nitrogen and oxygen atoms in total. The fourth-order valence-electron chi connectivity index (χ4n) is 3.01. The molecule has 1 amide bonds. The molecular weight excluding hydrogens is 342 g/mol. The highest BCUT2D eigenvalue weighted by molar-refractivity contribution is 5.83. The van der Waals surface area contributed by atoms with Crippen molar-refractivity contribution in [3.63, 3.8) is 0 Å². The van der Waals surface area contributed by atoms with Crippen molar-refractivity contribution >= 4 is 23.3 Å². The average molecular weight is 365 g/mol. The third-order valence-corrected chi connectivity index (χ3v) is 4.50. The summed E-state index contributed by atoms with van der Waals surface area (Å²) >= 11 is 0. The monoisotopic (exact) mass is 365 g/mol. The summed E-state index contributed by atoms with van der Waals surface area (Å²) in [5.41, 5.74) is 7.00. The van der Waals surface area contributed by atoms with E-state index in [2.05, 4.69) is 5.43 Å². The van der Waals surface area contributed by atoms with Gasteiger partial charge in [-0.1, -0.05) is 42.5 Å². The summed E-state index contributed by atoms with van der Waals surface area (Å²) in [6.07, 6.45) is 1.76. The molecule has 140 valence electrons. The number of nitrogens with zero attached hydrogens (tertiary/aromatic N) is 2. The van der Waals surface area contributed by atoms with Gasteiger partial charge in [0.2, 0.25) is 5.91 Å². The van der Waals surface area contributed by atoms with E-state index in [1.54, 1.807) is 0 Å². The summed E-state index contributed by atoms with van der Waals surface area (Å²) in [6.45, 7) is 0. The highest BCUT2D eigenvalue weighted by atomic mass is 16.4. The van der Waals surface area contributed by atoms with E-state index >= 15 is 0 Å². The topological polar surface area (TPSA) is 72.9 Å². The number of carbonyl (C=O) groups is 2. The second-order valence-corrected chi connectivity index (χ2v) is 6.65. The van der Waals surface area contributed by atoms with Gasteiger partial charge in [0, 0.05) is 26.2 Å². The number of nitrogens with one attached hydrogen (secondary N) is 1. The van der Waals surface area contributed by atoms with Crippen LogP contribution in [0.2, 0.25) is 0 Å². The van der Waals surface area contributed by atoms with Gasteiger partial charge in [0.15, 0.2) is 0 Å². The molecule has 0 aliphatic carbocycles. The lowest BCUT2D eigenvalue weighted by atomic mass is 10.0. The van der Waals surface area contributed by atoms with Crippen molar-refractivity contribution in [2.45, 2.75) is 18.9 Å². The van der Waals surface area contributed by atoms with Crippen molar-refractivity contribution in [2.75, 3.05) is 19.0 Å². The Bertz CT molecular complexity index is 845. The zero-order valence-corrected chi connectivity index (χ0v) is 15.4. The van der Waals surface area contributed by atoms with Crippen LogP contribution in [0.1, 0.15) is 30.0 Å². The van der Waals surface area contributed by atoms with Crippen LogP contribution < -0.4 is 10.3 Å². The predicted molar refractivity (Wildman–Crippen MR) is 105 cm³/mol. The number of aliphatic carboxylic acids is 1. The van der Waals surface area contributed by atoms with Crippen molar-refractivity contribution in [1.29, 1.82) is 0 Å². The van der Waals surface area contributed by atoms with Crippen LogP contribution in [0.25, 0.3) is 5.70 Å². The summed E-state index contributed by atoms with van der Waals surface area (Å²) in [5.74, 6) is -1.23. The third-order valence-electron chi connectivity index (χ3n) is 4.50. The molecule has 6 heteroatoms. The van der Waals surface area contributed by atoms with Crippen LogP contribution in [0.5, 0.6) is 0 Å². The molecule has 2 N–H and O–H groups in total. The first kappa shape index (κ1) is 18.5. The largest absolute Gasteiger partial charge is 0.481 e. The average Bonchev–Trinajstić information content (AvgIpc) is 3.12. The molecule has 27 heavy (non-hydrogen) atoms. The van der Waals surface area contributed by atoms with Gasteiger partial charge in [-0.15, -0.1) is 0 Å². The van der Waals surface area contributed by atoms with E-state index in [-0.39, 0.29) is 24.8 Å². The van der Waals surface area contributed by atoms with Crippen LogP contribution in [0.4, 0.5) is 5.69 Å². The molecule has 1 aliphatic heterocycles. The van der Waals surface area contributed by atoms with Crippen molar-refractivity contribution in [1.82, 2.24) is 10.4 Å². The highest BCUT2D eigenvalue weighted by Crippen LogP contribution is 2.32. The van der Waals surface area contributed by atoms with Crippen LogP contribution in [0, 0.1) is 0 Å². The van der Waals surface area contributed by atoms with Crippen molar-refractivity contribution in [2.24, 2.45) is 0 Å². The Morgan fingerprint density at radius 1 is 1.04 bits per heavy atom. The molecule has 0 fully saturated rings. The third kappa shape index (κ3) is 4.28. The van der Waals surface area contributed by atoms with Gasteiger partial charge in [-0.3, -0.25) is 15.0 Å². The van der Waals surface area contributed by atoms with E-state index < -0.39 is 5.97 Å². The Labute approximate surface area is 158 Å². The van der Waals surface area contributed by atoms with E-state index in [1.165, 1.54) is 5.01 Å². The lowest BCUT2D eigenvalue weighted by Crippen LogP contribution is -2.39. The number of hydrogen-bond acceptors (Lipinski definition) is 4. The molecule has 1 atom stereocenters. The molecule has 3 rings (SSSR count). The van der Waals surface area contributed by atoms with Crippen LogP contribution >= 0.6 is 0 Å². The maximum Gasteiger partial charge on any atom is 0.303 e. The molecule has 1 aliphatic rings. The van der Waals surface area contributed by atoms with Crippen molar-refractivity contribution in [3.05, 3.63) is 71.8 Å². The number of rotatable bonds is 6. The lowest BCUT2D eigenvalue weighted by molar-refractivity contribution is -0.142. The SMILES string of the molecule is CN(C)c1ccc([C@@H]2C=C(c3ccccc3)NN2C(=O)CCC(=O)O)cc1. The second-order valence-electron chi connectivity index (χ2n) is 6.65. The van der Waals surface area contributed by atoms with E-state index in [1.807, 2.05) is 79.7 Å². The fraction of sp³-hybridized carbons (Fsp3) is 0.238. The van der Waals surface area contributed by atoms with Crippen LogP contribution in [0.3, 0.4) is 0 Å². The molecule has 0 aromatic heterocycles. The van der Waals surface area contributed by atoms with Crippen LogP contribution in [-0.4, -0.2) is 36.1 Å². The molecule has 0 radical (unpaired) electrons. The first-order valence-corrected chi connectivity index (χ1v) is 8.81. The van der Waals surface area contributed by atoms with Gasteiger partial charge >= 0.3 is 5.97 Å². The van der Waals surface area contributed by atoms with Gasteiger partial charge < -0.3 is 10.0 Å². The van der Waals surface area contributed by atoms with Gasteiger partial charge in [0.05, 0.1) is 18.2 Å². The molecule has 0 spiro atoms. The van der Waals surface area contributed by atoms with Crippen LogP contribution in [-0.2, 0) is 9.59 Å². The summed E-state index contributed by atoms with van der Waals surface area (Å²) < 4.78 is 0. The van der Waals surface area contributed by atoms with Gasteiger partial charge in [0.25, 0.3) is 0 Å². The maximum absolute atomic E-state index is 12.6. The van der Waals surface area contributed by atoms with Crippen molar-refractivity contribution in [3.8, 4) is 0 Å². The first-order chi connectivity index (χ1) is 13.0. The molecule has 2 aromatic carbocycles. The van der Waals surface area contributed by atoms with Gasteiger partial charge in [-0.25, -0.2) is 5.01 Å². The predicted octanol–water partition coefficient (Wildman–Crippen LogP) is 3.05. The standard InChI is InChI=1S/C21H23N3O3/c1-23(2)17-10-8-16(9-11-17)19-14-18(15-6-4-3-5-7-15)22-24(19)20(25)12-13-21(26)27/h3-11,14,19,22H,12-13H2,1-2H3,(H,26,27)/t19-/m0/s1. The first-order valence-electron chi connectivity index (χ1n) is 8.81. The summed E-state index contributed by atoms with van der Waals surface area (Å²) in [6, 6.07) is 17.4. The molecule has 0 saturated heterocycles. The number of carboxylic acids is 1. The molecule has 2 aromatic rings. The zero-order chi connectivity index (χ0) is 19.4. The Balaban J connectivity index is 1.89. The number of carboxylic acid groups (broad SMARTS) is 1. The van der Waals surface area contributed by atoms with E-state index in [4.69, 9.17) is 5.11 Å². The number of benzene rings is 2. The van der Waals surface area contributed by atoms with E-state index in [0.29, 0.717) is 0 Å². The van der Waals surface area contributed by atoms with Crippen molar-refractivity contribution < 1.29 is 14.7 Å². The lowest BCUT2D eigenvalue weighted by Gasteiger charge is -2.26. The second kappa shape index (κ2) is 7.95. The molecular formula is C21H23N3O3. The number of hydrogen-bond donors (Lipinski definition) is 2. The number of amides is 1. The smallest absolute Gasteiger partial charge is 0.303 e. The molecule has 0 saturated carbocycles. The molecule has 0 unspecified atom stereocenters. The highest BCUT2D eigenvalue weighted by Gasteiger charge is 2.30. The van der Waals surface area contributed by atoms with E-state index in [9.17, 15) is 9.59 Å². The normalized spacial score (nSPS) is 15.9. The van der Waals surface area contributed by atoms with Crippen LogP contribution in [0.15, 0.2) is 60.7 Å². The Morgan fingerprint density at radius 2 is 1.70 bits per heavy atom. The van der Waals surface area contributed by atoms with Gasteiger partial charge in [0.1, 0.15) is 0 Å². The minimum atomic E-state index is -0.981. The minimum Gasteiger partial charge on any atom is -0.481 e. The minimum absolute atomic E-state index is 0.0511. The maximum atomic E-state index is 12.6. The number of anilines is 1. The quantitative estimate of drug-likeness (QED) is 0.823. The number of hydrazine groups is 1. The Hall–Kier alpha value is -3.28. The van der Waals surface area contributed by atoms with Gasteiger partial charge in [-0.2, -0.15) is 0 Å². The fourth-order valence-corrected chi connectivity index (χ4v) is 3.01. The summed E-state index contributed by atoms with van der Waals surface area (Å²) in [7, 11) is 3.95. The van der Waals surface area contributed by atoms with Gasteiger partial charge in [-0.05, 0) is 29.3 Å². The number of carbonyl (C=O) groups excluding carboxylic acids is 1. The summed E-state index contributed by atoms with van der Waals surface area (Å²) in [4.78, 5) is 25.5.